The van der Waals surface area contributed by atoms with E-state index in [9.17, 15) is 22.4 Å². The normalized spacial score (nSPS) is 26.7. The van der Waals surface area contributed by atoms with Crippen molar-refractivity contribution in [3.63, 3.8) is 0 Å². The number of nitrogens with zero attached hydrogens (tertiary/aromatic N) is 4. The molecular formula is C25H30F4N4O. The van der Waals surface area contributed by atoms with Gasteiger partial charge in [0.15, 0.2) is 5.69 Å². The van der Waals surface area contributed by atoms with E-state index in [-0.39, 0.29) is 43.1 Å². The van der Waals surface area contributed by atoms with Crippen molar-refractivity contribution < 1.29 is 22.4 Å². The lowest BCUT2D eigenvalue weighted by molar-refractivity contribution is -0.153. The Bertz CT molecular complexity index is 1070. The Labute approximate surface area is 196 Å². The van der Waals surface area contributed by atoms with Crippen molar-refractivity contribution in [2.24, 2.45) is 5.41 Å². The highest BCUT2D eigenvalue weighted by molar-refractivity contribution is 5.83. The van der Waals surface area contributed by atoms with Crippen LogP contribution in [0.5, 0.6) is 0 Å². The van der Waals surface area contributed by atoms with Crippen molar-refractivity contribution in [1.29, 1.82) is 0 Å². The molecule has 1 aliphatic heterocycles. The monoisotopic (exact) mass is 478 g/mol. The fourth-order valence-corrected chi connectivity index (χ4v) is 6.27. The summed E-state index contributed by atoms with van der Waals surface area (Å²) >= 11 is 0. The van der Waals surface area contributed by atoms with E-state index >= 15 is 0 Å². The zero-order chi connectivity index (χ0) is 24.3. The predicted octanol–water partition coefficient (Wildman–Crippen LogP) is 4.63. The maximum atomic E-state index is 13.7. The van der Waals surface area contributed by atoms with Gasteiger partial charge in [0.2, 0.25) is 5.91 Å². The van der Waals surface area contributed by atoms with Gasteiger partial charge in [-0.15, -0.1) is 0 Å². The molecule has 0 atom stereocenters. The van der Waals surface area contributed by atoms with Gasteiger partial charge in [-0.05, 0) is 76.7 Å². The van der Waals surface area contributed by atoms with Crippen molar-refractivity contribution in [3.05, 3.63) is 52.6 Å². The number of carbonyl (C=O) groups excluding carboxylic acids is 1. The van der Waals surface area contributed by atoms with E-state index in [0.717, 1.165) is 38.5 Å². The first-order valence-electron chi connectivity index (χ1n) is 11.9. The zero-order valence-electron chi connectivity index (χ0n) is 19.6. The molecule has 0 unspecified atom stereocenters. The summed E-state index contributed by atoms with van der Waals surface area (Å²) in [6.45, 7) is 0.494. The second kappa shape index (κ2) is 8.07. The van der Waals surface area contributed by atoms with E-state index in [2.05, 4.69) is 24.1 Å². The molecule has 0 spiro atoms. The first-order chi connectivity index (χ1) is 16.0. The highest BCUT2D eigenvalue weighted by Crippen LogP contribution is 2.55. The summed E-state index contributed by atoms with van der Waals surface area (Å²) in [5.74, 6) is -0.329. The largest absolute Gasteiger partial charge is 0.435 e. The van der Waals surface area contributed by atoms with Gasteiger partial charge in [0.25, 0.3) is 0 Å². The highest BCUT2D eigenvalue weighted by Gasteiger charge is 2.54. The topological polar surface area (TPSA) is 41.4 Å². The predicted molar refractivity (Wildman–Crippen MR) is 118 cm³/mol. The van der Waals surface area contributed by atoms with Gasteiger partial charge in [-0.3, -0.25) is 9.48 Å². The van der Waals surface area contributed by atoms with Crippen LogP contribution in [0.2, 0.25) is 0 Å². The Balaban J connectivity index is 1.41. The molecule has 1 amide bonds. The molecule has 2 aromatic rings. The number of hydrogen-bond acceptors (Lipinski definition) is 3. The molecule has 34 heavy (non-hydrogen) atoms. The van der Waals surface area contributed by atoms with Crippen LogP contribution in [0.4, 0.5) is 17.6 Å². The third-order valence-corrected chi connectivity index (χ3v) is 8.55. The van der Waals surface area contributed by atoms with Gasteiger partial charge >= 0.3 is 6.18 Å². The summed E-state index contributed by atoms with van der Waals surface area (Å²) in [5, 5.41) is 3.92. The fourth-order valence-electron chi connectivity index (χ4n) is 6.27. The zero-order valence-corrected chi connectivity index (χ0v) is 19.6. The van der Waals surface area contributed by atoms with Gasteiger partial charge in [-0.2, -0.15) is 18.3 Å². The number of amides is 1. The van der Waals surface area contributed by atoms with Crippen LogP contribution in [0.3, 0.4) is 0 Å². The highest BCUT2D eigenvalue weighted by atomic mass is 19.4. The van der Waals surface area contributed by atoms with Crippen LogP contribution in [-0.4, -0.2) is 51.7 Å². The molecule has 0 saturated heterocycles. The summed E-state index contributed by atoms with van der Waals surface area (Å²) < 4.78 is 55.9. The second-order valence-corrected chi connectivity index (χ2v) is 10.4. The van der Waals surface area contributed by atoms with Gasteiger partial charge in [0.05, 0.1) is 18.8 Å². The Morgan fingerprint density at radius 2 is 1.68 bits per heavy atom. The number of rotatable bonds is 4. The molecule has 3 saturated carbocycles. The molecule has 1 aromatic carbocycles. The Morgan fingerprint density at radius 1 is 1.06 bits per heavy atom. The van der Waals surface area contributed by atoms with Gasteiger partial charge < -0.3 is 9.80 Å². The van der Waals surface area contributed by atoms with Crippen molar-refractivity contribution in [1.82, 2.24) is 19.6 Å². The first kappa shape index (κ1) is 23.3. The fraction of sp³-hybridized carbons (Fsp3) is 0.600. The van der Waals surface area contributed by atoms with Crippen molar-refractivity contribution >= 4 is 5.91 Å². The van der Waals surface area contributed by atoms with Crippen LogP contribution in [0.15, 0.2) is 24.3 Å². The minimum Gasteiger partial charge on any atom is -0.336 e. The summed E-state index contributed by atoms with van der Waals surface area (Å²) in [4.78, 5) is 17.8. The van der Waals surface area contributed by atoms with Crippen LogP contribution in [-0.2, 0) is 30.5 Å². The number of carbonyl (C=O) groups is 1. The van der Waals surface area contributed by atoms with Crippen molar-refractivity contribution in [3.8, 4) is 0 Å². The number of hydrogen-bond donors (Lipinski definition) is 0. The first-order valence-corrected chi connectivity index (χ1v) is 11.9. The smallest absolute Gasteiger partial charge is 0.336 e. The molecule has 6 rings (SSSR count). The molecule has 9 heteroatoms. The number of aromatic nitrogens is 2. The maximum absolute atomic E-state index is 13.7. The maximum Gasteiger partial charge on any atom is 0.435 e. The standard InChI is InChI=1S/C25H30F4N4O/c1-31(2)24-11-8-23(9-12-24,10-13-24)22(34)32-14-7-19-20(16-32)33(30-21(19)25(27,28)29)15-17-3-5-18(26)6-4-17/h3-6H,7-16H2,1-2H3. The molecule has 2 heterocycles. The summed E-state index contributed by atoms with van der Waals surface area (Å²) in [6.07, 6.45) is 0.993. The summed E-state index contributed by atoms with van der Waals surface area (Å²) in [7, 11) is 4.21. The minimum atomic E-state index is -4.56. The lowest BCUT2D eigenvalue weighted by Crippen LogP contribution is -2.58. The van der Waals surface area contributed by atoms with Crippen molar-refractivity contribution in [2.45, 2.75) is 69.8 Å². The average molecular weight is 479 g/mol. The number of fused-ring (bicyclic) bond motifs is 4. The summed E-state index contributed by atoms with van der Waals surface area (Å²) in [5.41, 5.74) is 0.163. The number of halogens is 4. The van der Waals surface area contributed by atoms with Crippen LogP contribution >= 0.6 is 0 Å². The second-order valence-electron chi connectivity index (χ2n) is 10.4. The Hall–Kier alpha value is -2.42. The Morgan fingerprint density at radius 3 is 2.24 bits per heavy atom. The van der Waals surface area contributed by atoms with E-state index in [0.29, 0.717) is 11.3 Å². The van der Waals surface area contributed by atoms with E-state index in [4.69, 9.17) is 0 Å². The lowest BCUT2D eigenvalue weighted by Gasteiger charge is -2.56. The molecule has 4 aliphatic rings. The molecule has 5 nitrogen and oxygen atoms in total. The van der Waals surface area contributed by atoms with Crippen LogP contribution in [0.1, 0.15) is 61.0 Å². The quantitative estimate of drug-likeness (QED) is 0.602. The van der Waals surface area contributed by atoms with E-state index in [1.165, 1.54) is 16.8 Å². The SMILES string of the molecule is CN(C)C12CCC(C(=O)N3CCc4c(C(F)(F)F)nn(Cc5ccc(F)cc5)c4C3)(CC1)CC2. The molecule has 3 aliphatic carbocycles. The molecule has 3 fully saturated rings. The molecular weight excluding hydrogens is 448 g/mol. The van der Waals surface area contributed by atoms with E-state index < -0.39 is 23.1 Å². The van der Waals surface area contributed by atoms with Gasteiger partial charge in [-0.25, -0.2) is 4.39 Å². The number of benzene rings is 1. The third kappa shape index (κ3) is 3.82. The minimum absolute atomic E-state index is 0.0771. The van der Waals surface area contributed by atoms with Gasteiger partial charge in [0.1, 0.15) is 5.82 Å². The Kier molecular flexibility index (Phi) is 5.54. The van der Waals surface area contributed by atoms with Crippen molar-refractivity contribution in [2.75, 3.05) is 20.6 Å². The van der Waals surface area contributed by atoms with Gasteiger partial charge in [0, 0.05) is 23.1 Å². The van der Waals surface area contributed by atoms with Crippen LogP contribution in [0, 0.1) is 11.2 Å². The lowest BCUT2D eigenvalue weighted by atomic mass is 9.56. The van der Waals surface area contributed by atoms with Crippen LogP contribution < -0.4 is 0 Å². The molecule has 1 aromatic heterocycles. The third-order valence-electron chi connectivity index (χ3n) is 8.55. The summed E-state index contributed by atoms with van der Waals surface area (Å²) in [6, 6.07) is 5.65. The molecule has 0 radical (unpaired) electrons. The average Bonchev–Trinajstić information content (AvgIpc) is 3.19. The van der Waals surface area contributed by atoms with E-state index in [1.54, 1.807) is 17.0 Å². The van der Waals surface area contributed by atoms with E-state index in [1.807, 2.05) is 0 Å². The molecule has 0 N–H and O–H groups in total. The van der Waals surface area contributed by atoms with Crippen LogP contribution in [0.25, 0.3) is 0 Å². The van der Waals surface area contributed by atoms with Gasteiger partial charge in [-0.1, -0.05) is 12.1 Å². The molecule has 184 valence electrons. The molecule has 2 bridgehead atoms. The number of alkyl halides is 3.